The molecule has 1 atom stereocenters. The molecule has 0 spiro atoms. The van der Waals surface area contributed by atoms with E-state index in [0.717, 1.165) is 35.3 Å². The van der Waals surface area contributed by atoms with Crippen LogP contribution in [0.2, 0.25) is 5.02 Å². The molecule has 1 aromatic heterocycles. The van der Waals surface area contributed by atoms with Crippen molar-refractivity contribution >= 4 is 17.6 Å². The predicted octanol–water partition coefficient (Wildman–Crippen LogP) is 2.77. The van der Waals surface area contributed by atoms with Crippen molar-refractivity contribution < 1.29 is 0 Å². The van der Waals surface area contributed by atoms with Gasteiger partial charge in [-0.05, 0) is 56.6 Å². The molecular formula is C20H27ClN6. The molecule has 2 aliphatic rings. The Balaban J connectivity index is 1.33. The maximum atomic E-state index is 5.96. The zero-order valence-corrected chi connectivity index (χ0v) is 16.6. The molecule has 1 N–H and O–H groups in total. The number of hydrogen-bond acceptors (Lipinski definition) is 3. The summed E-state index contributed by atoms with van der Waals surface area (Å²) >= 11 is 5.96. The van der Waals surface area contributed by atoms with Crippen LogP contribution in [-0.2, 0) is 6.54 Å². The van der Waals surface area contributed by atoms with Gasteiger partial charge in [0.15, 0.2) is 5.96 Å². The molecule has 144 valence electrons. The second-order valence-electron chi connectivity index (χ2n) is 7.30. The first-order valence-electron chi connectivity index (χ1n) is 9.72. The molecule has 0 saturated carbocycles. The van der Waals surface area contributed by atoms with E-state index < -0.39 is 0 Å². The Labute approximate surface area is 165 Å². The molecular weight excluding hydrogens is 360 g/mol. The van der Waals surface area contributed by atoms with Crippen LogP contribution in [0.5, 0.6) is 0 Å². The third kappa shape index (κ3) is 4.28. The van der Waals surface area contributed by atoms with Crippen LogP contribution in [0.25, 0.3) is 5.69 Å². The molecule has 3 heterocycles. The van der Waals surface area contributed by atoms with Gasteiger partial charge in [0, 0.05) is 49.5 Å². The van der Waals surface area contributed by atoms with E-state index in [-0.39, 0.29) is 0 Å². The van der Waals surface area contributed by atoms with Crippen LogP contribution in [0.4, 0.5) is 0 Å². The first-order chi connectivity index (χ1) is 13.2. The molecule has 27 heavy (non-hydrogen) atoms. The van der Waals surface area contributed by atoms with Crippen molar-refractivity contribution in [3.63, 3.8) is 0 Å². The number of nitrogens with one attached hydrogen (secondary N) is 1. The van der Waals surface area contributed by atoms with Crippen molar-refractivity contribution in [2.24, 2.45) is 4.99 Å². The van der Waals surface area contributed by atoms with Gasteiger partial charge in [-0.25, -0.2) is 4.68 Å². The molecule has 0 amide bonds. The maximum Gasteiger partial charge on any atom is 0.193 e. The highest BCUT2D eigenvalue weighted by Gasteiger charge is 2.30. The minimum atomic E-state index is 0.679. The number of benzene rings is 1. The van der Waals surface area contributed by atoms with Crippen molar-refractivity contribution in [3.05, 3.63) is 47.2 Å². The number of rotatable bonds is 4. The average Bonchev–Trinajstić information content (AvgIpc) is 3.44. The van der Waals surface area contributed by atoms with Gasteiger partial charge >= 0.3 is 0 Å². The van der Waals surface area contributed by atoms with Gasteiger partial charge in [-0.3, -0.25) is 9.89 Å². The second kappa shape index (κ2) is 8.31. The summed E-state index contributed by atoms with van der Waals surface area (Å²) in [4.78, 5) is 9.52. The number of hydrogen-bond donors (Lipinski definition) is 1. The van der Waals surface area contributed by atoms with Gasteiger partial charge in [-0.1, -0.05) is 11.6 Å². The van der Waals surface area contributed by atoms with Gasteiger partial charge in [0.2, 0.25) is 0 Å². The van der Waals surface area contributed by atoms with Gasteiger partial charge in [0.1, 0.15) is 0 Å². The molecule has 7 heteroatoms. The summed E-state index contributed by atoms with van der Waals surface area (Å²) in [5, 5.41) is 8.68. The van der Waals surface area contributed by atoms with E-state index in [0.29, 0.717) is 12.6 Å². The number of aromatic nitrogens is 2. The molecule has 1 aromatic carbocycles. The standard InChI is InChI=1S/C20H27ClN6/c1-22-20(26-11-8-19(15-26)25-9-2-3-10-25)23-12-16-13-24-27(14-16)18-6-4-17(21)5-7-18/h4-7,13-14,19H,2-3,8-12,15H2,1H3,(H,22,23). The van der Waals surface area contributed by atoms with E-state index in [1.54, 1.807) is 0 Å². The summed E-state index contributed by atoms with van der Waals surface area (Å²) in [5.41, 5.74) is 2.13. The highest BCUT2D eigenvalue weighted by Crippen LogP contribution is 2.20. The Kier molecular flexibility index (Phi) is 5.64. The van der Waals surface area contributed by atoms with E-state index in [1.807, 2.05) is 48.4 Å². The lowest BCUT2D eigenvalue weighted by Gasteiger charge is -2.25. The SMILES string of the molecule is CN=C(NCc1cnn(-c2ccc(Cl)cc2)c1)N1CCC(N2CCCC2)C1. The predicted molar refractivity (Wildman–Crippen MR) is 110 cm³/mol. The minimum absolute atomic E-state index is 0.679. The number of guanidine groups is 1. The Morgan fingerprint density at radius 3 is 2.74 bits per heavy atom. The van der Waals surface area contributed by atoms with E-state index in [9.17, 15) is 0 Å². The van der Waals surface area contributed by atoms with Crippen LogP contribution >= 0.6 is 11.6 Å². The van der Waals surface area contributed by atoms with Crippen LogP contribution < -0.4 is 5.32 Å². The van der Waals surface area contributed by atoms with Crippen molar-refractivity contribution in [3.8, 4) is 5.69 Å². The summed E-state index contributed by atoms with van der Waals surface area (Å²) in [6.45, 7) is 5.38. The molecule has 0 radical (unpaired) electrons. The lowest BCUT2D eigenvalue weighted by atomic mass is 10.2. The number of likely N-dealkylation sites (tertiary alicyclic amines) is 2. The smallest absolute Gasteiger partial charge is 0.193 e. The summed E-state index contributed by atoms with van der Waals surface area (Å²) in [7, 11) is 1.86. The molecule has 6 nitrogen and oxygen atoms in total. The Morgan fingerprint density at radius 1 is 1.22 bits per heavy atom. The second-order valence-corrected chi connectivity index (χ2v) is 7.74. The van der Waals surface area contributed by atoms with Gasteiger partial charge in [-0.2, -0.15) is 5.10 Å². The zero-order valence-electron chi connectivity index (χ0n) is 15.8. The summed E-state index contributed by atoms with van der Waals surface area (Å²) in [6, 6.07) is 8.37. The van der Waals surface area contributed by atoms with E-state index in [4.69, 9.17) is 11.6 Å². The monoisotopic (exact) mass is 386 g/mol. The number of aliphatic imine (C=N–C) groups is 1. The molecule has 2 saturated heterocycles. The van der Waals surface area contributed by atoms with Crippen LogP contribution in [0.15, 0.2) is 41.7 Å². The normalized spacial score (nSPS) is 21.2. The molecule has 0 aliphatic carbocycles. The van der Waals surface area contributed by atoms with Crippen molar-refractivity contribution in [2.45, 2.75) is 31.8 Å². The van der Waals surface area contributed by atoms with E-state index in [1.165, 1.54) is 32.4 Å². The third-order valence-corrected chi connectivity index (χ3v) is 5.76. The molecule has 2 fully saturated rings. The first kappa shape index (κ1) is 18.3. The van der Waals surface area contributed by atoms with Crippen molar-refractivity contribution in [2.75, 3.05) is 33.2 Å². The molecule has 4 rings (SSSR count). The van der Waals surface area contributed by atoms with Gasteiger partial charge in [0.05, 0.1) is 11.9 Å². The first-order valence-corrected chi connectivity index (χ1v) is 10.1. The Morgan fingerprint density at radius 2 is 2.00 bits per heavy atom. The summed E-state index contributed by atoms with van der Waals surface area (Å²) in [5.74, 6) is 0.982. The highest BCUT2D eigenvalue weighted by molar-refractivity contribution is 6.30. The zero-order chi connectivity index (χ0) is 18.6. The van der Waals surface area contributed by atoms with Gasteiger partial charge in [0.25, 0.3) is 0 Å². The van der Waals surface area contributed by atoms with E-state index >= 15 is 0 Å². The van der Waals surface area contributed by atoms with Crippen LogP contribution in [0, 0.1) is 0 Å². The quantitative estimate of drug-likeness (QED) is 0.648. The van der Waals surface area contributed by atoms with Crippen LogP contribution in [0.3, 0.4) is 0 Å². The summed E-state index contributed by atoms with van der Waals surface area (Å²) in [6.07, 6.45) is 7.86. The van der Waals surface area contributed by atoms with E-state index in [2.05, 4.69) is 25.2 Å². The molecule has 2 aliphatic heterocycles. The topological polar surface area (TPSA) is 48.7 Å². The number of nitrogens with zero attached hydrogens (tertiary/aromatic N) is 5. The lowest BCUT2D eigenvalue weighted by molar-refractivity contribution is 0.249. The molecule has 0 bridgehead atoms. The average molecular weight is 387 g/mol. The fourth-order valence-electron chi connectivity index (χ4n) is 4.04. The van der Waals surface area contributed by atoms with Crippen LogP contribution in [-0.4, -0.2) is 64.8 Å². The largest absolute Gasteiger partial charge is 0.352 e. The maximum absolute atomic E-state index is 5.96. The third-order valence-electron chi connectivity index (χ3n) is 5.51. The fourth-order valence-corrected chi connectivity index (χ4v) is 4.16. The minimum Gasteiger partial charge on any atom is -0.352 e. The van der Waals surface area contributed by atoms with Crippen molar-refractivity contribution in [1.29, 1.82) is 0 Å². The lowest BCUT2D eigenvalue weighted by Crippen LogP contribution is -2.42. The van der Waals surface area contributed by atoms with Gasteiger partial charge < -0.3 is 10.2 Å². The Hall–Kier alpha value is -2.05. The van der Waals surface area contributed by atoms with Gasteiger partial charge in [-0.15, -0.1) is 0 Å². The number of halogens is 1. The summed E-state index contributed by atoms with van der Waals surface area (Å²) < 4.78 is 1.87. The van der Waals surface area contributed by atoms with Crippen LogP contribution in [0.1, 0.15) is 24.8 Å². The molecule has 1 unspecified atom stereocenters. The Bertz CT molecular complexity index is 778. The van der Waals surface area contributed by atoms with Crippen molar-refractivity contribution in [1.82, 2.24) is 24.9 Å². The fraction of sp³-hybridized carbons (Fsp3) is 0.500. The molecule has 2 aromatic rings. The highest BCUT2D eigenvalue weighted by atomic mass is 35.5.